The van der Waals surface area contributed by atoms with E-state index in [4.69, 9.17) is 10.5 Å². The first-order valence-corrected chi connectivity index (χ1v) is 13.2. The van der Waals surface area contributed by atoms with Crippen molar-refractivity contribution in [2.24, 2.45) is 11.7 Å². The van der Waals surface area contributed by atoms with Crippen LogP contribution >= 0.6 is 0 Å². The Bertz CT molecular complexity index is 392. The van der Waals surface area contributed by atoms with E-state index in [1.54, 1.807) is 0 Å². The molecule has 0 spiro atoms. The van der Waals surface area contributed by atoms with Gasteiger partial charge in [0.1, 0.15) is 6.04 Å². The molecule has 0 saturated carbocycles. The maximum Gasteiger partial charge on any atom is 0.323 e. The first kappa shape index (κ1) is 29.2. The van der Waals surface area contributed by atoms with Gasteiger partial charge in [0.15, 0.2) is 0 Å². The second-order valence-corrected chi connectivity index (χ2v) is 9.29. The number of nitrogens with two attached hydrogens (primary N) is 1. The second-order valence-electron chi connectivity index (χ2n) is 9.29. The molecule has 2 N–H and O–H groups in total. The highest BCUT2D eigenvalue weighted by atomic mass is 16.5. The third kappa shape index (κ3) is 20.4. The Hall–Kier alpha value is -0.830. The van der Waals surface area contributed by atoms with Crippen molar-refractivity contribution in [3.63, 3.8) is 0 Å². The first-order chi connectivity index (χ1) is 14.6. The zero-order valence-electron chi connectivity index (χ0n) is 20.6. The Labute approximate surface area is 188 Å². The van der Waals surface area contributed by atoms with Crippen molar-refractivity contribution in [2.45, 2.75) is 142 Å². The van der Waals surface area contributed by atoms with Crippen LogP contribution in [0.5, 0.6) is 0 Å². The van der Waals surface area contributed by atoms with Crippen LogP contribution in [0.15, 0.2) is 12.2 Å². The maximum atomic E-state index is 11.6. The fourth-order valence-electron chi connectivity index (χ4n) is 3.60. The SMILES string of the molecule is CCCCCCCC/C=C/CCCCCCCCCCCCOC(=O)[C@@H](N)C(C)C. The summed E-state index contributed by atoms with van der Waals surface area (Å²) >= 11 is 0. The van der Waals surface area contributed by atoms with Gasteiger partial charge in [-0.2, -0.15) is 0 Å². The van der Waals surface area contributed by atoms with Crippen LogP contribution in [0.1, 0.15) is 136 Å². The van der Waals surface area contributed by atoms with Crippen LogP contribution in [0.3, 0.4) is 0 Å². The van der Waals surface area contributed by atoms with Crippen molar-refractivity contribution >= 4 is 5.97 Å². The molecule has 3 heteroatoms. The molecule has 0 saturated heterocycles. The van der Waals surface area contributed by atoms with Gasteiger partial charge in [0, 0.05) is 0 Å². The van der Waals surface area contributed by atoms with Crippen molar-refractivity contribution in [3.05, 3.63) is 12.2 Å². The van der Waals surface area contributed by atoms with Crippen molar-refractivity contribution in [3.8, 4) is 0 Å². The number of hydrogen-bond donors (Lipinski definition) is 1. The average Bonchev–Trinajstić information content (AvgIpc) is 2.74. The summed E-state index contributed by atoms with van der Waals surface area (Å²) in [7, 11) is 0. The lowest BCUT2D eigenvalue weighted by molar-refractivity contribution is -0.146. The van der Waals surface area contributed by atoms with E-state index >= 15 is 0 Å². The predicted octanol–water partition coefficient (Wildman–Crippen LogP) is 8.11. The molecule has 0 aromatic heterocycles. The van der Waals surface area contributed by atoms with Crippen LogP contribution in [0.4, 0.5) is 0 Å². The van der Waals surface area contributed by atoms with Crippen LogP contribution in [-0.2, 0) is 9.53 Å². The van der Waals surface area contributed by atoms with Gasteiger partial charge in [-0.15, -0.1) is 0 Å². The summed E-state index contributed by atoms with van der Waals surface area (Å²) in [6.45, 7) is 6.69. The Morgan fingerprint density at radius 1 is 0.700 bits per heavy atom. The largest absolute Gasteiger partial charge is 0.465 e. The fourth-order valence-corrected chi connectivity index (χ4v) is 3.60. The van der Waals surface area contributed by atoms with Crippen LogP contribution in [0, 0.1) is 5.92 Å². The summed E-state index contributed by atoms with van der Waals surface area (Å²) in [5, 5.41) is 0. The van der Waals surface area contributed by atoms with E-state index in [0.717, 1.165) is 12.8 Å². The minimum absolute atomic E-state index is 0.142. The number of allylic oxidation sites excluding steroid dienone is 2. The number of hydrogen-bond acceptors (Lipinski definition) is 3. The number of unbranched alkanes of at least 4 members (excludes halogenated alkanes) is 16. The topological polar surface area (TPSA) is 52.3 Å². The minimum atomic E-state index is -0.480. The van der Waals surface area contributed by atoms with E-state index in [1.807, 2.05) is 13.8 Å². The summed E-state index contributed by atoms with van der Waals surface area (Å²) in [4.78, 5) is 11.6. The highest BCUT2D eigenvalue weighted by Gasteiger charge is 2.18. The Morgan fingerprint density at radius 3 is 1.53 bits per heavy atom. The minimum Gasteiger partial charge on any atom is -0.465 e. The molecule has 30 heavy (non-hydrogen) atoms. The lowest BCUT2D eigenvalue weighted by Gasteiger charge is -2.14. The molecule has 0 amide bonds. The average molecular weight is 424 g/mol. The number of esters is 1. The molecule has 0 heterocycles. The van der Waals surface area contributed by atoms with Gasteiger partial charge in [-0.05, 0) is 38.0 Å². The molecule has 0 aromatic carbocycles. The number of carbonyl (C=O) groups is 1. The third-order valence-electron chi connectivity index (χ3n) is 5.89. The zero-order chi connectivity index (χ0) is 22.3. The monoisotopic (exact) mass is 423 g/mol. The second kappa shape index (κ2) is 22.8. The van der Waals surface area contributed by atoms with E-state index in [9.17, 15) is 4.79 Å². The van der Waals surface area contributed by atoms with Crippen molar-refractivity contribution < 1.29 is 9.53 Å². The van der Waals surface area contributed by atoms with Crippen LogP contribution in [-0.4, -0.2) is 18.6 Å². The summed E-state index contributed by atoms with van der Waals surface area (Å²) in [6, 6.07) is -0.480. The van der Waals surface area contributed by atoms with Gasteiger partial charge in [0.05, 0.1) is 6.61 Å². The summed E-state index contributed by atoms with van der Waals surface area (Å²) in [6.07, 6.45) is 28.6. The Balaban J connectivity index is 3.19. The Morgan fingerprint density at radius 2 is 1.10 bits per heavy atom. The highest BCUT2D eigenvalue weighted by Crippen LogP contribution is 2.12. The standard InChI is InChI=1S/C27H53NO2/c1-4-5-6-7-8-9-10-11-12-13-14-15-16-17-18-19-20-21-22-23-24-30-27(29)26(28)25(2)3/h11-12,25-26H,4-10,13-24,28H2,1-3H3/b12-11+/t26-/m0/s1. The molecule has 3 nitrogen and oxygen atoms in total. The van der Waals surface area contributed by atoms with Crippen LogP contribution in [0.25, 0.3) is 0 Å². The van der Waals surface area contributed by atoms with Crippen LogP contribution in [0.2, 0.25) is 0 Å². The predicted molar refractivity (Wildman–Crippen MR) is 132 cm³/mol. The molecule has 0 aromatic rings. The molecular weight excluding hydrogens is 370 g/mol. The highest BCUT2D eigenvalue weighted by molar-refractivity contribution is 5.75. The molecule has 0 aliphatic rings. The molecule has 0 bridgehead atoms. The first-order valence-electron chi connectivity index (χ1n) is 13.2. The third-order valence-corrected chi connectivity index (χ3v) is 5.89. The van der Waals surface area contributed by atoms with Gasteiger partial charge in [-0.25, -0.2) is 0 Å². The van der Waals surface area contributed by atoms with E-state index in [1.165, 1.54) is 103 Å². The van der Waals surface area contributed by atoms with Gasteiger partial charge in [0.25, 0.3) is 0 Å². The van der Waals surface area contributed by atoms with Gasteiger partial charge in [-0.3, -0.25) is 4.79 Å². The van der Waals surface area contributed by atoms with Crippen molar-refractivity contribution in [2.75, 3.05) is 6.61 Å². The molecule has 0 aliphatic heterocycles. The van der Waals surface area contributed by atoms with E-state index in [0.29, 0.717) is 6.61 Å². The lowest BCUT2D eigenvalue weighted by Crippen LogP contribution is -2.37. The van der Waals surface area contributed by atoms with Gasteiger partial charge in [-0.1, -0.05) is 116 Å². The van der Waals surface area contributed by atoms with E-state index in [-0.39, 0.29) is 11.9 Å². The smallest absolute Gasteiger partial charge is 0.323 e. The molecule has 178 valence electrons. The van der Waals surface area contributed by atoms with Gasteiger partial charge >= 0.3 is 5.97 Å². The molecule has 0 fully saturated rings. The molecular formula is C27H53NO2. The molecule has 0 unspecified atom stereocenters. The summed E-state index contributed by atoms with van der Waals surface area (Å²) in [5.41, 5.74) is 5.77. The van der Waals surface area contributed by atoms with Gasteiger partial charge in [0.2, 0.25) is 0 Å². The number of carbonyl (C=O) groups excluding carboxylic acids is 1. The quantitative estimate of drug-likeness (QED) is 0.109. The van der Waals surface area contributed by atoms with Crippen LogP contribution < -0.4 is 5.73 Å². The molecule has 0 radical (unpaired) electrons. The van der Waals surface area contributed by atoms with Crippen molar-refractivity contribution in [1.82, 2.24) is 0 Å². The van der Waals surface area contributed by atoms with E-state index < -0.39 is 6.04 Å². The molecule has 1 atom stereocenters. The molecule has 0 aliphatic carbocycles. The molecule has 0 rings (SSSR count). The fraction of sp³-hybridized carbons (Fsp3) is 0.889. The summed E-state index contributed by atoms with van der Waals surface area (Å²) in [5.74, 6) is -0.109. The number of ether oxygens (including phenoxy) is 1. The zero-order valence-corrected chi connectivity index (χ0v) is 20.6. The van der Waals surface area contributed by atoms with Gasteiger partial charge < -0.3 is 10.5 Å². The van der Waals surface area contributed by atoms with Crippen molar-refractivity contribution in [1.29, 1.82) is 0 Å². The lowest BCUT2D eigenvalue weighted by atomic mass is 10.1. The maximum absolute atomic E-state index is 11.6. The van der Waals surface area contributed by atoms with E-state index in [2.05, 4.69) is 19.1 Å². The Kier molecular flexibility index (Phi) is 22.2. The summed E-state index contributed by atoms with van der Waals surface area (Å²) < 4.78 is 5.23. The number of rotatable bonds is 22. The normalized spacial score (nSPS) is 12.7.